The SMILES string of the molecule is O=S(=O)(NCC1CC=CCC1)c1ccccc1F. The van der Waals surface area contributed by atoms with Gasteiger partial charge in [0.1, 0.15) is 10.7 Å². The highest BCUT2D eigenvalue weighted by atomic mass is 32.2. The van der Waals surface area contributed by atoms with Crippen LogP contribution in [0, 0.1) is 11.7 Å². The first kappa shape index (κ1) is 13.2. The molecule has 1 aliphatic rings. The van der Waals surface area contributed by atoms with E-state index < -0.39 is 15.8 Å². The van der Waals surface area contributed by atoms with Crippen LogP contribution >= 0.6 is 0 Å². The van der Waals surface area contributed by atoms with Gasteiger partial charge in [-0.3, -0.25) is 0 Å². The quantitative estimate of drug-likeness (QED) is 0.853. The smallest absolute Gasteiger partial charge is 0.211 e. The number of halogens is 1. The molecule has 0 saturated carbocycles. The summed E-state index contributed by atoms with van der Waals surface area (Å²) >= 11 is 0. The highest BCUT2D eigenvalue weighted by Crippen LogP contribution is 2.19. The third-order valence-electron chi connectivity index (χ3n) is 3.07. The predicted molar refractivity (Wildman–Crippen MR) is 68.1 cm³/mol. The molecule has 0 saturated heterocycles. The summed E-state index contributed by atoms with van der Waals surface area (Å²) in [7, 11) is -3.74. The molecule has 1 N–H and O–H groups in total. The lowest BCUT2D eigenvalue weighted by atomic mass is 9.95. The van der Waals surface area contributed by atoms with Crippen molar-refractivity contribution in [2.75, 3.05) is 6.54 Å². The van der Waals surface area contributed by atoms with Crippen molar-refractivity contribution in [2.24, 2.45) is 5.92 Å². The third kappa shape index (κ3) is 3.17. The Morgan fingerprint density at radius 1 is 1.28 bits per heavy atom. The van der Waals surface area contributed by atoms with Gasteiger partial charge in [-0.1, -0.05) is 24.3 Å². The second kappa shape index (κ2) is 5.63. The lowest BCUT2D eigenvalue weighted by molar-refractivity contribution is 0.466. The molecule has 0 heterocycles. The Kier molecular flexibility index (Phi) is 4.14. The summed E-state index contributed by atoms with van der Waals surface area (Å²) in [5.41, 5.74) is 0. The molecule has 98 valence electrons. The van der Waals surface area contributed by atoms with Gasteiger partial charge < -0.3 is 0 Å². The van der Waals surface area contributed by atoms with E-state index >= 15 is 0 Å². The number of allylic oxidation sites excluding steroid dienone is 2. The van der Waals surface area contributed by atoms with E-state index in [0.717, 1.165) is 25.3 Å². The highest BCUT2D eigenvalue weighted by Gasteiger charge is 2.20. The molecule has 0 aromatic heterocycles. The van der Waals surface area contributed by atoms with E-state index in [1.807, 2.05) is 0 Å². The van der Waals surface area contributed by atoms with Crippen molar-refractivity contribution in [1.29, 1.82) is 0 Å². The van der Waals surface area contributed by atoms with Gasteiger partial charge in [0.25, 0.3) is 0 Å². The molecule has 1 aliphatic carbocycles. The summed E-state index contributed by atoms with van der Waals surface area (Å²) in [6.07, 6.45) is 6.98. The van der Waals surface area contributed by atoms with Gasteiger partial charge in [0, 0.05) is 6.54 Å². The molecule has 1 aromatic carbocycles. The molecule has 2 rings (SSSR count). The summed E-state index contributed by atoms with van der Waals surface area (Å²) < 4.78 is 39.8. The maximum absolute atomic E-state index is 13.4. The zero-order valence-electron chi connectivity index (χ0n) is 9.97. The van der Waals surface area contributed by atoms with Crippen LogP contribution in [0.15, 0.2) is 41.3 Å². The monoisotopic (exact) mass is 269 g/mol. The molecule has 3 nitrogen and oxygen atoms in total. The number of hydrogen-bond acceptors (Lipinski definition) is 2. The number of rotatable bonds is 4. The molecule has 18 heavy (non-hydrogen) atoms. The summed E-state index contributed by atoms with van der Waals surface area (Å²) in [4.78, 5) is -0.281. The van der Waals surface area contributed by atoms with Gasteiger partial charge in [0.15, 0.2) is 0 Å². The molecule has 1 aromatic rings. The van der Waals surface area contributed by atoms with Gasteiger partial charge >= 0.3 is 0 Å². The Bertz CT molecular complexity index is 540. The Hall–Kier alpha value is -1.20. The van der Waals surface area contributed by atoms with Crippen LogP contribution < -0.4 is 4.72 Å². The average molecular weight is 269 g/mol. The lowest BCUT2D eigenvalue weighted by Gasteiger charge is -2.18. The van der Waals surface area contributed by atoms with Crippen LogP contribution in [0.5, 0.6) is 0 Å². The first-order valence-electron chi connectivity index (χ1n) is 5.99. The van der Waals surface area contributed by atoms with Crippen molar-refractivity contribution >= 4 is 10.0 Å². The molecule has 1 atom stereocenters. The van der Waals surface area contributed by atoms with Crippen molar-refractivity contribution in [3.05, 3.63) is 42.2 Å². The molecule has 0 spiro atoms. The van der Waals surface area contributed by atoms with E-state index in [-0.39, 0.29) is 4.90 Å². The van der Waals surface area contributed by atoms with Gasteiger partial charge in [0.05, 0.1) is 0 Å². The van der Waals surface area contributed by atoms with Crippen LogP contribution in [0.1, 0.15) is 19.3 Å². The van der Waals surface area contributed by atoms with Gasteiger partial charge in [-0.15, -0.1) is 0 Å². The van der Waals surface area contributed by atoms with E-state index in [2.05, 4.69) is 16.9 Å². The van der Waals surface area contributed by atoms with Crippen LogP contribution in [0.4, 0.5) is 4.39 Å². The minimum Gasteiger partial charge on any atom is -0.211 e. The molecule has 0 fully saturated rings. The number of benzene rings is 1. The maximum Gasteiger partial charge on any atom is 0.243 e. The van der Waals surface area contributed by atoms with E-state index in [1.165, 1.54) is 18.2 Å². The van der Waals surface area contributed by atoms with Crippen LogP contribution in [0.25, 0.3) is 0 Å². The zero-order chi connectivity index (χ0) is 13.0. The summed E-state index contributed by atoms with van der Waals surface area (Å²) in [5, 5.41) is 0. The van der Waals surface area contributed by atoms with Crippen LogP contribution in [-0.4, -0.2) is 15.0 Å². The summed E-state index contributed by atoms with van der Waals surface area (Å²) in [6, 6.07) is 5.41. The predicted octanol–water partition coefficient (Wildman–Crippen LogP) is 2.46. The molecule has 0 aliphatic heterocycles. The van der Waals surface area contributed by atoms with Crippen molar-refractivity contribution in [2.45, 2.75) is 24.2 Å². The molecular formula is C13H16FNO2S. The summed E-state index contributed by atoms with van der Waals surface area (Å²) in [6.45, 7) is 0.362. The molecular weight excluding hydrogens is 253 g/mol. The van der Waals surface area contributed by atoms with Gasteiger partial charge in [-0.05, 0) is 37.3 Å². The fourth-order valence-corrected chi connectivity index (χ4v) is 3.20. The van der Waals surface area contributed by atoms with E-state index in [1.54, 1.807) is 0 Å². The Balaban J connectivity index is 2.04. The largest absolute Gasteiger partial charge is 0.243 e. The third-order valence-corrected chi connectivity index (χ3v) is 4.52. The van der Waals surface area contributed by atoms with Crippen molar-refractivity contribution in [3.63, 3.8) is 0 Å². The number of hydrogen-bond donors (Lipinski definition) is 1. The number of sulfonamides is 1. The second-order valence-electron chi connectivity index (χ2n) is 4.43. The molecule has 0 radical (unpaired) electrons. The topological polar surface area (TPSA) is 46.2 Å². The van der Waals surface area contributed by atoms with Gasteiger partial charge in [0.2, 0.25) is 10.0 Å². The standard InChI is InChI=1S/C13H16FNO2S/c14-12-8-4-5-9-13(12)18(16,17)15-10-11-6-2-1-3-7-11/h1-2,4-5,8-9,11,15H,3,6-7,10H2. The van der Waals surface area contributed by atoms with Crippen molar-refractivity contribution < 1.29 is 12.8 Å². The van der Waals surface area contributed by atoms with E-state index in [9.17, 15) is 12.8 Å². The minimum absolute atomic E-state index is 0.281. The van der Waals surface area contributed by atoms with Crippen molar-refractivity contribution in [1.82, 2.24) is 4.72 Å². The second-order valence-corrected chi connectivity index (χ2v) is 6.17. The van der Waals surface area contributed by atoms with Crippen LogP contribution in [0.3, 0.4) is 0 Å². The normalized spacial score (nSPS) is 19.9. The Labute approximate surface area is 107 Å². The maximum atomic E-state index is 13.4. The first-order chi connectivity index (χ1) is 8.59. The molecule has 5 heteroatoms. The van der Waals surface area contributed by atoms with Gasteiger partial charge in [-0.25, -0.2) is 17.5 Å². The fraction of sp³-hybridized carbons (Fsp3) is 0.385. The lowest BCUT2D eigenvalue weighted by Crippen LogP contribution is -2.30. The van der Waals surface area contributed by atoms with Crippen molar-refractivity contribution in [3.8, 4) is 0 Å². The van der Waals surface area contributed by atoms with Gasteiger partial charge in [-0.2, -0.15) is 0 Å². The fourth-order valence-electron chi connectivity index (χ4n) is 2.01. The number of nitrogens with one attached hydrogen (secondary N) is 1. The van der Waals surface area contributed by atoms with E-state index in [4.69, 9.17) is 0 Å². The minimum atomic E-state index is -3.74. The van der Waals surface area contributed by atoms with Crippen LogP contribution in [0.2, 0.25) is 0 Å². The molecule has 0 bridgehead atoms. The van der Waals surface area contributed by atoms with Crippen LogP contribution in [-0.2, 0) is 10.0 Å². The Morgan fingerprint density at radius 2 is 2.06 bits per heavy atom. The highest BCUT2D eigenvalue weighted by molar-refractivity contribution is 7.89. The first-order valence-corrected chi connectivity index (χ1v) is 7.47. The zero-order valence-corrected chi connectivity index (χ0v) is 10.8. The Morgan fingerprint density at radius 3 is 2.72 bits per heavy atom. The summed E-state index contributed by atoms with van der Waals surface area (Å²) in [5.74, 6) is -0.412. The average Bonchev–Trinajstić information content (AvgIpc) is 2.38. The molecule has 0 amide bonds. The molecule has 1 unspecified atom stereocenters. The van der Waals surface area contributed by atoms with E-state index in [0.29, 0.717) is 12.5 Å².